The molecule has 102 valence electrons. The Kier molecular flexibility index (Phi) is 2.24. The zero-order valence-electron chi connectivity index (χ0n) is 11.8. The SMILES string of the molecule is CC1CCC2(O)OC13CC(C)(C)CC3=CC2(C)O. The second kappa shape index (κ2) is 3.20. The van der Waals surface area contributed by atoms with Gasteiger partial charge in [-0.1, -0.05) is 20.8 Å². The van der Waals surface area contributed by atoms with E-state index in [1.165, 1.54) is 5.57 Å². The first kappa shape index (κ1) is 12.6. The van der Waals surface area contributed by atoms with Crippen molar-refractivity contribution in [3.63, 3.8) is 0 Å². The maximum atomic E-state index is 10.6. The fraction of sp³-hybridized carbons (Fsp3) is 0.867. The third-order valence-electron chi connectivity index (χ3n) is 5.26. The van der Waals surface area contributed by atoms with Crippen molar-refractivity contribution in [3.05, 3.63) is 11.6 Å². The van der Waals surface area contributed by atoms with E-state index in [1.807, 2.05) is 6.08 Å². The summed E-state index contributed by atoms with van der Waals surface area (Å²) in [6.07, 6.45) is 5.17. The van der Waals surface area contributed by atoms with Gasteiger partial charge in [0.05, 0.1) is 5.60 Å². The van der Waals surface area contributed by atoms with Crippen molar-refractivity contribution in [1.82, 2.24) is 0 Å². The molecular formula is C15H24O3. The lowest BCUT2D eigenvalue weighted by Crippen LogP contribution is -2.65. The first-order valence-corrected chi connectivity index (χ1v) is 6.97. The second-order valence-corrected chi connectivity index (χ2v) is 7.55. The lowest BCUT2D eigenvalue weighted by molar-refractivity contribution is -0.354. The summed E-state index contributed by atoms with van der Waals surface area (Å²) in [6, 6.07) is 0. The van der Waals surface area contributed by atoms with Crippen molar-refractivity contribution in [1.29, 1.82) is 0 Å². The zero-order valence-corrected chi connectivity index (χ0v) is 11.8. The second-order valence-electron chi connectivity index (χ2n) is 7.55. The summed E-state index contributed by atoms with van der Waals surface area (Å²) in [5, 5.41) is 21.1. The van der Waals surface area contributed by atoms with Crippen LogP contribution in [-0.4, -0.2) is 27.2 Å². The Hall–Kier alpha value is -0.380. The molecule has 0 aromatic heterocycles. The Bertz CT molecular complexity index is 423. The van der Waals surface area contributed by atoms with E-state index >= 15 is 0 Å². The average molecular weight is 252 g/mol. The Labute approximate surface area is 109 Å². The van der Waals surface area contributed by atoms with Crippen LogP contribution in [0.3, 0.4) is 0 Å². The number of ether oxygens (including phenoxy) is 1. The van der Waals surface area contributed by atoms with Gasteiger partial charge in [0, 0.05) is 6.42 Å². The minimum atomic E-state index is -1.41. The number of hydrogen-bond acceptors (Lipinski definition) is 3. The molecule has 2 bridgehead atoms. The molecule has 3 heteroatoms. The smallest absolute Gasteiger partial charge is 0.199 e. The molecule has 3 nitrogen and oxygen atoms in total. The van der Waals surface area contributed by atoms with Crippen LogP contribution in [0.15, 0.2) is 11.6 Å². The van der Waals surface area contributed by atoms with Gasteiger partial charge in [-0.3, -0.25) is 0 Å². The predicted octanol–water partition coefficient (Wildman–Crippen LogP) is 2.37. The van der Waals surface area contributed by atoms with Gasteiger partial charge >= 0.3 is 0 Å². The normalized spacial score (nSPS) is 53.9. The van der Waals surface area contributed by atoms with Crippen LogP contribution in [0.4, 0.5) is 0 Å². The fourth-order valence-corrected chi connectivity index (χ4v) is 4.22. The van der Waals surface area contributed by atoms with Crippen LogP contribution in [0.25, 0.3) is 0 Å². The van der Waals surface area contributed by atoms with E-state index in [4.69, 9.17) is 4.74 Å². The van der Waals surface area contributed by atoms with E-state index in [1.54, 1.807) is 6.92 Å². The van der Waals surface area contributed by atoms with Crippen molar-refractivity contribution in [2.75, 3.05) is 0 Å². The Morgan fingerprint density at radius 1 is 1.28 bits per heavy atom. The van der Waals surface area contributed by atoms with Crippen molar-refractivity contribution in [2.24, 2.45) is 11.3 Å². The number of fused-ring (bicyclic) bond motifs is 1. The fourth-order valence-electron chi connectivity index (χ4n) is 4.22. The summed E-state index contributed by atoms with van der Waals surface area (Å²) in [7, 11) is 0. The highest BCUT2D eigenvalue weighted by Gasteiger charge is 2.64. The molecule has 18 heavy (non-hydrogen) atoms. The molecule has 2 heterocycles. The van der Waals surface area contributed by atoms with Gasteiger partial charge in [0.2, 0.25) is 0 Å². The standard InChI is InChI=1S/C15H24O3/c1-10-5-6-15(17)13(4,16)8-11-7-12(2,3)9-14(10,11)18-15/h8,10,16-17H,5-7,9H2,1-4H3. The summed E-state index contributed by atoms with van der Waals surface area (Å²) in [5.41, 5.74) is -0.251. The van der Waals surface area contributed by atoms with E-state index in [9.17, 15) is 10.2 Å². The average Bonchev–Trinajstić information content (AvgIpc) is 2.43. The molecule has 2 aliphatic heterocycles. The lowest BCUT2D eigenvalue weighted by Gasteiger charge is -2.56. The van der Waals surface area contributed by atoms with E-state index in [0.29, 0.717) is 12.3 Å². The Morgan fingerprint density at radius 2 is 1.94 bits per heavy atom. The van der Waals surface area contributed by atoms with Gasteiger partial charge in [0.25, 0.3) is 0 Å². The highest BCUT2D eigenvalue weighted by molar-refractivity contribution is 5.35. The first-order chi connectivity index (χ1) is 8.10. The van der Waals surface area contributed by atoms with Gasteiger partial charge in [-0.05, 0) is 49.2 Å². The summed E-state index contributed by atoms with van der Waals surface area (Å²) in [4.78, 5) is 0. The van der Waals surface area contributed by atoms with Gasteiger partial charge < -0.3 is 14.9 Å². The van der Waals surface area contributed by atoms with Crippen LogP contribution in [0.2, 0.25) is 0 Å². The highest BCUT2D eigenvalue weighted by atomic mass is 16.7. The third-order valence-corrected chi connectivity index (χ3v) is 5.26. The molecule has 0 radical (unpaired) electrons. The summed E-state index contributed by atoms with van der Waals surface area (Å²) in [5.74, 6) is -1.01. The quantitative estimate of drug-likeness (QED) is 0.651. The monoisotopic (exact) mass is 252 g/mol. The minimum Gasteiger partial charge on any atom is -0.380 e. The van der Waals surface area contributed by atoms with Gasteiger partial charge in [0.15, 0.2) is 5.79 Å². The molecule has 0 aromatic carbocycles. The van der Waals surface area contributed by atoms with Crippen molar-refractivity contribution < 1.29 is 14.9 Å². The third kappa shape index (κ3) is 1.41. The number of rotatable bonds is 0. The van der Waals surface area contributed by atoms with Crippen LogP contribution in [0.1, 0.15) is 53.4 Å². The maximum absolute atomic E-state index is 10.6. The van der Waals surface area contributed by atoms with Crippen LogP contribution >= 0.6 is 0 Å². The topological polar surface area (TPSA) is 49.7 Å². The van der Waals surface area contributed by atoms with Crippen LogP contribution < -0.4 is 0 Å². The van der Waals surface area contributed by atoms with Gasteiger partial charge in [0.1, 0.15) is 5.60 Å². The predicted molar refractivity (Wildman–Crippen MR) is 68.9 cm³/mol. The molecule has 4 atom stereocenters. The molecule has 0 aromatic rings. The Balaban J connectivity index is 2.15. The number of hydrogen-bond donors (Lipinski definition) is 2. The van der Waals surface area contributed by atoms with Gasteiger partial charge in [-0.25, -0.2) is 0 Å². The largest absolute Gasteiger partial charge is 0.380 e. The minimum absolute atomic E-state index is 0.179. The van der Waals surface area contributed by atoms with Crippen LogP contribution in [0.5, 0.6) is 0 Å². The molecule has 3 rings (SSSR count). The van der Waals surface area contributed by atoms with E-state index in [-0.39, 0.29) is 11.0 Å². The molecule has 2 N–H and O–H groups in total. The molecule has 3 aliphatic rings. The van der Waals surface area contributed by atoms with Crippen molar-refractivity contribution in [2.45, 2.75) is 70.4 Å². The molecular weight excluding hydrogens is 228 g/mol. The summed E-state index contributed by atoms with van der Waals surface area (Å²) >= 11 is 0. The zero-order chi connectivity index (χ0) is 13.4. The molecule has 1 saturated heterocycles. The van der Waals surface area contributed by atoms with E-state index in [0.717, 1.165) is 19.3 Å². The summed E-state index contributed by atoms with van der Waals surface area (Å²) < 4.78 is 6.12. The van der Waals surface area contributed by atoms with Gasteiger partial charge in [-0.2, -0.15) is 0 Å². The van der Waals surface area contributed by atoms with E-state index in [2.05, 4.69) is 20.8 Å². The molecule has 0 amide bonds. The number of aliphatic hydroxyl groups is 2. The van der Waals surface area contributed by atoms with Crippen LogP contribution in [0, 0.1) is 11.3 Å². The molecule has 1 saturated carbocycles. The lowest BCUT2D eigenvalue weighted by atomic mass is 9.69. The van der Waals surface area contributed by atoms with Gasteiger partial charge in [-0.15, -0.1) is 0 Å². The first-order valence-electron chi connectivity index (χ1n) is 6.97. The Morgan fingerprint density at radius 3 is 2.61 bits per heavy atom. The van der Waals surface area contributed by atoms with E-state index < -0.39 is 11.4 Å². The summed E-state index contributed by atoms with van der Waals surface area (Å²) in [6.45, 7) is 8.33. The molecule has 2 fully saturated rings. The molecule has 1 aliphatic carbocycles. The van der Waals surface area contributed by atoms with Crippen LogP contribution in [-0.2, 0) is 4.74 Å². The maximum Gasteiger partial charge on any atom is 0.199 e. The van der Waals surface area contributed by atoms with Crippen molar-refractivity contribution >= 4 is 0 Å². The highest BCUT2D eigenvalue weighted by Crippen LogP contribution is 2.61. The molecule has 4 unspecified atom stereocenters. The molecule has 1 spiro atoms. The van der Waals surface area contributed by atoms with Crippen molar-refractivity contribution in [3.8, 4) is 0 Å².